The van der Waals surface area contributed by atoms with Gasteiger partial charge in [-0.2, -0.15) is 0 Å². The number of carbonyl (C=O) groups is 1. The summed E-state index contributed by atoms with van der Waals surface area (Å²) in [6.45, 7) is 4.68. The molecule has 1 amide bonds. The van der Waals surface area contributed by atoms with E-state index in [0.717, 1.165) is 96.3 Å². The number of unbranched alkanes of at least 4 members (excludes halogenated alkanes) is 27. The van der Waals surface area contributed by atoms with E-state index in [-0.39, 0.29) is 19.1 Å². The fraction of sp³-hybridized carbons (Fsp3) is 0.700. The van der Waals surface area contributed by atoms with Gasteiger partial charge in [0.05, 0.1) is 39.9 Å². The summed E-state index contributed by atoms with van der Waals surface area (Å²) in [5.41, 5.74) is 0. The predicted molar refractivity (Wildman–Crippen MR) is 345 cm³/mol. The molecule has 8 nitrogen and oxygen atoms in total. The lowest BCUT2D eigenvalue weighted by atomic mass is 10.0. The van der Waals surface area contributed by atoms with Crippen LogP contribution in [-0.2, 0) is 18.4 Å². The number of rotatable bonds is 58. The van der Waals surface area contributed by atoms with Crippen molar-refractivity contribution in [2.24, 2.45) is 0 Å². The van der Waals surface area contributed by atoms with Crippen molar-refractivity contribution in [2.75, 3.05) is 40.9 Å². The first-order chi connectivity index (χ1) is 38.5. The van der Waals surface area contributed by atoms with Gasteiger partial charge in [0.25, 0.3) is 0 Å². The van der Waals surface area contributed by atoms with Gasteiger partial charge in [0.1, 0.15) is 13.2 Å². The molecule has 0 heterocycles. The Morgan fingerprint density at radius 2 is 0.772 bits per heavy atom. The number of aliphatic hydroxyl groups excluding tert-OH is 1. The van der Waals surface area contributed by atoms with E-state index in [0.29, 0.717) is 17.4 Å². The zero-order chi connectivity index (χ0) is 57.7. The average Bonchev–Trinajstić information content (AvgIpc) is 3.42. The number of quaternary nitrogens is 1. The summed E-state index contributed by atoms with van der Waals surface area (Å²) >= 11 is 0. The monoisotopic (exact) mass is 1120 g/mol. The molecule has 0 fully saturated rings. The van der Waals surface area contributed by atoms with Gasteiger partial charge in [0.2, 0.25) is 5.91 Å². The maximum absolute atomic E-state index is 13.0. The van der Waals surface area contributed by atoms with Crippen molar-refractivity contribution < 1.29 is 32.9 Å². The molecular weight excluding hydrogens is 996 g/mol. The molecule has 9 heteroatoms. The second kappa shape index (κ2) is 59.5. The van der Waals surface area contributed by atoms with E-state index in [9.17, 15) is 19.4 Å². The number of phosphoric acid groups is 1. The number of nitrogens with one attached hydrogen (secondary N) is 1. The lowest BCUT2D eigenvalue weighted by molar-refractivity contribution is -0.870. The Labute approximate surface area is 488 Å². The predicted octanol–water partition coefficient (Wildman–Crippen LogP) is 20.5. The summed E-state index contributed by atoms with van der Waals surface area (Å²) in [6.07, 6.45) is 88.9. The van der Waals surface area contributed by atoms with Crippen LogP contribution in [0.5, 0.6) is 0 Å². The van der Waals surface area contributed by atoms with Crippen LogP contribution in [0, 0.1) is 0 Å². The number of hydrogen-bond donors (Lipinski definition) is 3. The molecule has 0 aromatic rings. The van der Waals surface area contributed by atoms with E-state index < -0.39 is 20.0 Å². The third kappa shape index (κ3) is 62.4. The SMILES string of the molecule is CC/C=C\C/C=C\C/C=C\C/C=C\C/C=C\C/C=C\C/C=C\CCCCCCCCCCCC(=O)NC(COP(=O)(O)OCC[N+](C)(C)C)C(O)/C=C/CC/C=C/CC/C=C/CCCCCCCCCCCCCCCCCC. The summed E-state index contributed by atoms with van der Waals surface area (Å²) in [6, 6.07) is -0.883. The molecule has 3 atom stereocenters. The maximum atomic E-state index is 13.0. The first kappa shape index (κ1) is 75.9. The third-order valence-corrected chi connectivity index (χ3v) is 14.9. The van der Waals surface area contributed by atoms with Crippen LogP contribution in [0.25, 0.3) is 0 Å². The van der Waals surface area contributed by atoms with Crippen molar-refractivity contribution in [1.29, 1.82) is 0 Å². The highest BCUT2D eigenvalue weighted by Crippen LogP contribution is 2.43. The molecule has 0 aromatic heterocycles. The average molecular weight is 1120 g/mol. The minimum absolute atomic E-state index is 0.0462. The van der Waals surface area contributed by atoms with Crippen LogP contribution in [0.2, 0.25) is 0 Å². The van der Waals surface area contributed by atoms with E-state index in [1.165, 1.54) is 148 Å². The van der Waals surface area contributed by atoms with Crippen molar-refractivity contribution in [3.8, 4) is 0 Å². The Hall–Kier alpha value is -3.10. The molecule has 0 radical (unpaired) electrons. The van der Waals surface area contributed by atoms with Crippen LogP contribution in [0.1, 0.15) is 264 Å². The smallest absolute Gasteiger partial charge is 0.387 e. The van der Waals surface area contributed by atoms with E-state index in [2.05, 4.69) is 129 Å². The zero-order valence-corrected chi connectivity index (χ0v) is 52.7. The zero-order valence-electron chi connectivity index (χ0n) is 51.8. The number of likely N-dealkylation sites (N-methyl/N-ethyl adjacent to an activating group) is 1. The minimum Gasteiger partial charge on any atom is -0.387 e. The first-order valence-corrected chi connectivity index (χ1v) is 33.9. The van der Waals surface area contributed by atoms with E-state index in [1.807, 2.05) is 27.2 Å². The molecule has 0 rings (SSSR count). The van der Waals surface area contributed by atoms with Gasteiger partial charge in [0.15, 0.2) is 0 Å². The number of allylic oxidation sites excluding steroid dienone is 19. The fourth-order valence-electron chi connectivity index (χ4n) is 8.88. The highest BCUT2D eigenvalue weighted by molar-refractivity contribution is 7.47. The Kier molecular flexibility index (Phi) is 57.2. The van der Waals surface area contributed by atoms with E-state index in [1.54, 1.807) is 6.08 Å². The van der Waals surface area contributed by atoms with Crippen molar-refractivity contribution >= 4 is 13.7 Å². The summed E-state index contributed by atoms with van der Waals surface area (Å²) in [7, 11) is 1.53. The maximum Gasteiger partial charge on any atom is 0.472 e. The second-order valence-corrected chi connectivity index (χ2v) is 24.2. The first-order valence-electron chi connectivity index (χ1n) is 32.4. The van der Waals surface area contributed by atoms with Gasteiger partial charge in [0, 0.05) is 6.42 Å². The van der Waals surface area contributed by atoms with Gasteiger partial charge in [-0.15, -0.1) is 0 Å². The van der Waals surface area contributed by atoms with Gasteiger partial charge in [-0.05, 0) is 103 Å². The molecule has 454 valence electrons. The molecule has 3 N–H and O–H groups in total. The van der Waals surface area contributed by atoms with Gasteiger partial charge < -0.3 is 19.8 Å². The number of aliphatic hydroxyl groups is 1. The van der Waals surface area contributed by atoms with Crippen molar-refractivity contribution in [2.45, 2.75) is 276 Å². The summed E-state index contributed by atoms with van der Waals surface area (Å²) in [4.78, 5) is 23.4. The molecule has 0 aliphatic heterocycles. The Morgan fingerprint density at radius 3 is 1.16 bits per heavy atom. The van der Waals surface area contributed by atoms with Crippen LogP contribution in [-0.4, -0.2) is 73.4 Å². The molecule has 0 saturated heterocycles. The normalized spacial score (nSPS) is 14.6. The molecule has 0 aromatic carbocycles. The summed E-state index contributed by atoms with van der Waals surface area (Å²) in [5.74, 6) is -0.201. The molecule has 0 aliphatic rings. The minimum atomic E-state index is -4.37. The standard InChI is InChI=1S/C70H123N2O6P/c1-6-8-10-12-14-16-18-20-22-24-26-28-30-32-34-35-36-37-38-40-42-44-46-48-50-52-54-56-58-60-62-64-70(74)71-68(67-78-79(75,76)77-66-65-72(3,4)5)69(73)63-61-59-57-55-53-51-49-47-45-43-41-39-33-31-29-27-25-23-21-19-17-15-13-11-9-7-2/h8,10,14,16,20,22,26,28,32,34,36-37,40,42,45,47,53,55,61,63,68-69,73H,6-7,9,11-13,15,17-19,21,23-25,27,29-31,33,35,38-39,41,43-44,46,48-52,54,56-60,62,64-67H2,1-5H3,(H-,71,74,75,76)/p+1/b10-8-,16-14-,22-20-,28-26-,34-32-,37-36-,42-40-,47-45+,55-53+,63-61+. The van der Waals surface area contributed by atoms with Crippen LogP contribution >= 0.6 is 7.82 Å². The quantitative estimate of drug-likeness (QED) is 0.0243. The number of hydrogen-bond acceptors (Lipinski definition) is 5. The Bertz CT molecular complexity index is 1700. The number of carbonyl (C=O) groups excluding carboxylic acids is 1. The Morgan fingerprint density at radius 1 is 0.443 bits per heavy atom. The molecule has 3 unspecified atom stereocenters. The number of nitrogens with zero attached hydrogens (tertiary/aromatic N) is 1. The Balaban J connectivity index is 4.25. The van der Waals surface area contributed by atoms with Crippen molar-refractivity contribution in [3.05, 3.63) is 122 Å². The second-order valence-electron chi connectivity index (χ2n) is 22.7. The van der Waals surface area contributed by atoms with E-state index >= 15 is 0 Å². The van der Waals surface area contributed by atoms with Gasteiger partial charge in [-0.1, -0.05) is 277 Å². The van der Waals surface area contributed by atoms with Crippen molar-refractivity contribution in [3.63, 3.8) is 0 Å². The number of phosphoric ester groups is 1. The van der Waals surface area contributed by atoms with Gasteiger partial charge in [-0.25, -0.2) is 4.57 Å². The largest absolute Gasteiger partial charge is 0.472 e. The fourth-order valence-corrected chi connectivity index (χ4v) is 9.61. The molecule has 79 heavy (non-hydrogen) atoms. The lowest BCUT2D eigenvalue weighted by Crippen LogP contribution is -2.45. The highest BCUT2D eigenvalue weighted by atomic mass is 31.2. The molecule has 0 bridgehead atoms. The van der Waals surface area contributed by atoms with E-state index in [4.69, 9.17) is 9.05 Å². The third-order valence-electron chi connectivity index (χ3n) is 13.9. The van der Waals surface area contributed by atoms with Crippen LogP contribution in [0.15, 0.2) is 122 Å². The topological polar surface area (TPSA) is 105 Å². The molecule has 0 aliphatic carbocycles. The molecule has 0 saturated carbocycles. The van der Waals surface area contributed by atoms with Crippen LogP contribution in [0.3, 0.4) is 0 Å². The van der Waals surface area contributed by atoms with Gasteiger partial charge >= 0.3 is 7.82 Å². The number of amides is 1. The van der Waals surface area contributed by atoms with Crippen molar-refractivity contribution in [1.82, 2.24) is 5.32 Å². The lowest BCUT2D eigenvalue weighted by Gasteiger charge is -2.25. The van der Waals surface area contributed by atoms with Gasteiger partial charge in [-0.3, -0.25) is 13.8 Å². The molecule has 0 spiro atoms. The summed E-state index contributed by atoms with van der Waals surface area (Å²) in [5, 5.41) is 14.0. The van der Waals surface area contributed by atoms with Crippen LogP contribution < -0.4 is 5.32 Å². The molecular formula is C70H124N2O6P+. The summed E-state index contributed by atoms with van der Waals surface area (Å²) < 4.78 is 23.7. The van der Waals surface area contributed by atoms with Crippen LogP contribution in [0.4, 0.5) is 0 Å². The highest BCUT2D eigenvalue weighted by Gasteiger charge is 2.27.